The Labute approximate surface area is 118 Å². The second-order valence-electron chi connectivity index (χ2n) is 6.86. The smallest absolute Gasteiger partial charge is 0.0919 e. The largest absolute Gasteiger partial charge is 0.387 e. The Morgan fingerprint density at radius 1 is 1.21 bits per heavy atom. The average molecular weight is 263 g/mol. The minimum Gasteiger partial charge on any atom is -0.387 e. The molecular weight excluding hydrogens is 234 g/mol. The van der Waals surface area contributed by atoms with E-state index in [2.05, 4.69) is 65.6 Å². The van der Waals surface area contributed by atoms with Gasteiger partial charge in [0.2, 0.25) is 0 Å². The Kier molecular flexibility index (Phi) is 5.17. The molecule has 0 saturated carbocycles. The summed E-state index contributed by atoms with van der Waals surface area (Å²) < 4.78 is 0. The minimum atomic E-state index is -0.421. The summed E-state index contributed by atoms with van der Waals surface area (Å²) >= 11 is 0. The normalized spacial score (nSPS) is 15.6. The third-order valence-electron chi connectivity index (χ3n) is 4.16. The van der Waals surface area contributed by atoms with E-state index in [-0.39, 0.29) is 5.41 Å². The lowest BCUT2D eigenvalue weighted by Gasteiger charge is -2.36. The molecule has 0 aliphatic carbocycles. The lowest BCUT2D eigenvalue weighted by Crippen LogP contribution is -2.41. The quantitative estimate of drug-likeness (QED) is 0.895. The summed E-state index contributed by atoms with van der Waals surface area (Å²) in [6.07, 6.45) is -0.421. The van der Waals surface area contributed by atoms with E-state index in [4.69, 9.17) is 0 Å². The van der Waals surface area contributed by atoms with Crippen LogP contribution in [0.5, 0.6) is 0 Å². The zero-order valence-electron chi connectivity index (χ0n) is 13.5. The van der Waals surface area contributed by atoms with Gasteiger partial charge in [-0.1, -0.05) is 44.5 Å². The Hall–Kier alpha value is -0.860. The molecule has 0 radical (unpaired) electrons. The minimum absolute atomic E-state index is 0.219. The Morgan fingerprint density at radius 3 is 2.26 bits per heavy atom. The van der Waals surface area contributed by atoms with Crippen molar-refractivity contribution >= 4 is 0 Å². The number of aliphatic hydroxyl groups is 1. The molecule has 1 aromatic carbocycles. The summed E-state index contributed by atoms with van der Waals surface area (Å²) in [6, 6.07) is 6.67. The van der Waals surface area contributed by atoms with Crippen molar-refractivity contribution in [1.29, 1.82) is 0 Å². The summed E-state index contributed by atoms with van der Waals surface area (Å²) in [5, 5.41) is 10.4. The molecule has 0 bridgehead atoms. The number of nitrogens with zero attached hydrogens (tertiary/aromatic N) is 1. The fourth-order valence-electron chi connectivity index (χ4n) is 2.39. The van der Waals surface area contributed by atoms with Crippen molar-refractivity contribution in [3.8, 4) is 0 Å². The summed E-state index contributed by atoms with van der Waals surface area (Å²) in [6.45, 7) is 13.7. The third-order valence-corrected chi connectivity index (χ3v) is 4.16. The molecule has 1 rings (SSSR count). The molecule has 0 amide bonds. The van der Waals surface area contributed by atoms with Crippen LogP contribution in [0.4, 0.5) is 0 Å². The molecule has 0 aromatic heterocycles. The van der Waals surface area contributed by atoms with Crippen molar-refractivity contribution in [2.24, 2.45) is 5.41 Å². The topological polar surface area (TPSA) is 23.5 Å². The lowest BCUT2D eigenvalue weighted by atomic mass is 9.87. The van der Waals surface area contributed by atoms with Gasteiger partial charge in [0.1, 0.15) is 0 Å². The van der Waals surface area contributed by atoms with Crippen molar-refractivity contribution in [2.45, 2.75) is 53.7 Å². The molecule has 108 valence electrons. The number of aryl methyl sites for hydroxylation is 2. The van der Waals surface area contributed by atoms with Crippen LogP contribution in [0.1, 0.15) is 50.5 Å². The number of rotatable bonds is 4. The molecule has 0 aliphatic heterocycles. The van der Waals surface area contributed by atoms with Gasteiger partial charge in [0.25, 0.3) is 0 Å². The van der Waals surface area contributed by atoms with Crippen molar-refractivity contribution in [1.82, 2.24) is 4.90 Å². The highest BCUT2D eigenvalue weighted by Crippen LogP contribution is 2.26. The van der Waals surface area contributed by atoms with Crippen molar-refractivity contribution in [3.63, 3.8) is 0 Å². The number of hydrogen-bond acceptors (Lipinski definition) is 2. The van der Waals surface area contributed by atoms with Gasteiger partial charge in [-0.15, -0.1) is 0 Å². The summed E-state index contributed by atoms with van der Waals surface area (Å²) in [7, 11) is 2.09. The molecule has 0 heterocycles. The van der Waals surface area contributed by atoms with E-state index in [1.807, 2.05) is 6.07 Å². The van der Waals surface area contributed by atoms with Gasteiger partial charge in [0.15, 0.2) is 0 Å². The van der Waals surface area contributed by atoms with Crippen LogP contribution < -0.4 is 0 Å². The second kappa shape index (κ2) is 6.06. The molecular formula is C17H29NO. The fraction of sp³-hybridized carbons (Fsp3) is 0.647. The Bertz CT molecular complexity index is 420. The van der Waals surface area contributed by atoms with Crippen molar-refractivity contribution < 1.29 is 5.11 Å². The van der Waals surface area contributed by atoms with Crippen LogP contribution in [0, 0.1) is 19.3 Å². The lowest BCUT2D eigenvalue weighted by molar-refractivity contribution is 0.0712. The maximum Gasteiger partial charge on any atom is 0.0919 e. The van der Waals surface area contributed by atoms with E-state index in [1.165, 1.54) is 11.1 Å². The summed E-state index contributed by atoms with van der Waals surface area (Å²) in [4.78, 5) is 2.24. The van der Waals surface area contributed by atoms with Gasteiger partial charge in [0, 0.05) is 12.6 Å². The molecule has 2 nitrogen and oxygen atoms in total. The van der Waals surface area contributed by atoms with E-state index < -0.39 is 6.10 Å². The van der Waals surface area contributed by atoms with Gasteiger partial charge < -0.3 is 10.0 Å². The van der Waals surface area contributed by atoms with E-state index in [0.29, 0.717) is 12.6 Å². The second-order valence-corrected chi connectivity index (χ2v) is 6.86. The van der Waals surface area contributed by atoms with E-state index in [9.17, 15) is 5.11 Å². The highest BCUT2D eigenvalue weighted by atomic mass is 16.3. The first-order valence-corrected chi connectivity index (χ1v) is 7.08. The van der Waals surface area contributed by atoms with Crippen LogP contribution in [0.25, 0.3) is 0 Å². The molecule has 19 heavy (non-hydrogen) atoms. The number of hydrogen-bond donors (Lipinski definition) is 1. The van der Waals surface area contributed by atoms with Crippen LogP contribution in [0.3, 0.4) is 0 Å². The molecule has 0 spiro atoms. The van der Waals surface area contributed by atoms with Gasteiger partial charge in [-0.05, 0) is 44.4 Å². The maximum absolute atomic E-state index is 10.4. The first-order chi connectivity index (χ1) is 8.62. The van der Waals surface area contributed by atoms with E-state index in [1.54, 1.807) is 0 Å². The Morgan fingerprint density at radius 2 is 1.79 bits per heavy atom. The predicted octanol–water partition coefficient (Wildman–Crippen LogP) is 3.70. The van der Waals surface area contributed by atoms with Gasteiger partial charge in [-0.2, -0.15) is 0 Å². The zero-order valence-corrected chi connectivity index (χ0v) is 13.5. The first kappa shape index (κ1) is 16.2. The SMILES string of the molecule is Cc1ccc(C(O)CN(C)C(C)C(C)(C)C)c(C)c1. The molecule has 0 aliphatic rings. The molecule has 1 aromatic rings. The molecule has 2 unspecified atom stereocenters. The highest BCUT2D eigenvalue weighted by molar-refractivity contribution is 5.32. The fourth-order valence-corrected chi connectivity index (χ4v) is 2.39. The first-order valence-electron chi connectivity index (χ1n) is 7.08. The molecule has 0 saturated heterocycles. The average Bonchev–Trinajstić information content (AvgIpc) is 2.26. The van der Waals surface area contributed by atoms with Crippen LogP contribution in [-0.2, 0) is 0 Å². The molecule has 1 N–H and O–H groups in total. The van der Waals surface area contributed by atoms with Gasteiger partial charge in [-0.25, -0.2) is 0 Å². The molecule has 2 heteroatoms. The van der Waals surface area contributed by atoms with Crippen LogP contribution >= 0.6 is 0 Å². The maximum atomic E-state index is 10.4. The van der Waals surface area contributed by atoms with Crippen LogP contribution in [0.2, 0.25) is 0 Å². The summed E-state index contributed by atoms with van der Waals surface area (Å²) in [5.74, 6) is 0. The van der Waals surface area contributed by atoms with Crippen molar-refractivity contribution in [3.05, 3.63) is 34.9 Å². The van der Waals surface area contributed by atoms with E-state index >= 15 is 0 Å². The van der Waals surface area contributed by atoms with Crippen LogP contribution in [0.15, 0.2) is 18.2 Å². The highest BCUT2D eigenvalue weighted by Gasteiger charge is 2.25. The van der Waals surface area contributed by atoms with E-state index in [0.717, 1.165) is 5.56 Å². The predicted molar refractivity (Wildman–Crippen MR) is 82.4 cm³/mol. The standard InChI is InChI=1S/C17H29NO/c1-12-8-9-15(13(2)10-12)16(19)11-18(7)14(3)17(4,5)6/h8-10,14,16,19H,11H2,1-7H3. The third kappa shape index (κ3) is 4.32. The van der Waals surface area contributed by atoms with Gasteiger partial charge in [-0.3, -0.25) is 0 Å². The number of likely N-dealkylation sites (N-methyl/N-ethyl adjacent to an activating group) is 1. The van der Waals surface area contributed by atoms with Gasteiger partial charge in [0.05, 0.1) is 6.10 Å². The Balaban J connectivity index is 2.77. The summed E-state index contributed by atoms with van der Waals surface area (Å²) in [5.41, 5.74) is 3.67. The zero-order chi connectivity index (χ0) is 14.8. The van der Waals surface area contributed by atoms with Gasteiger partial charge >= 0.3 is 0 Å². The number of benzene rings is 1. The van der Waals surface area contributed by atoms with Crippen LogP contribution in [-0.4, -0.2) is 29.6 Å². The molecule has 2 atom stereocenters. The monoisotopic (exact) mass is 263 g/mol. The molecule has 0 fully saturated rings. The van der Waals surface area contributed by atoms with Crippen molar-refractivity contribution in [2.75, 3.05) is 13.6 Å². The number of aliphatic hydroxyl groups excluding tert-OH is 1.